The van der Waals surface area contributed by atoms with Gasteiger partial charge in [-0.15, -0.1) is 0 Å². The summed E-state index contributed by atoms with van der Waals surface area (Å²) in [5, 5.41) is 2.85. The molecular formula is C16H17NO5. The van der Waals surface area contributed by atoms with Crippen LogP contribution in [0.1, 0.15) is 22.5 Å². The second-order valence-electron chi connectivity index (χ2n) is 4.81. The zero-order chi connectivity index (χ0) is 15.2. The number of carbonyl (C=O) groups is 1. The minimum absolute atomic E-state index is 0.135. The van der Waals surface area contributed by atoms with E-state index in [1.807, 2.05) is 12.1 Å². The summed E-state index contributed by atoms with van der Waals surface area (Å²) in [6.07, 6.45) is 2.35. The van der Waals surface area contributed by atoms with Crippen molar-refractivity contribution >= 4 is 5.91 Å². The predicted octanol–water partition coefficient (Wildman–Crippen LogP) is 2.34. The molecule has 1 aromatic heterocycles. The van der Waals surface area contributed by atoms with Crippen LogP contribution in [-0.4, -0.2) is 25.9 Å². The smallest absolute Gasteiger partial charge is 0.251 e. The molecule has 1 amide bonds. The van der Waals surface area contributed by atoms with Crippen LogP contribution in [0.2, 0.25) is 0 Å². The van der Waals surface area contributed by atoms with E-state index in [-0.39, 0.29) is 12.7 Å². The molecule has 3 rings (SSSR count). The first-order valence-corrected chi connectivity index (χ1v) is 7.11. The summed E-state index contributed by atoms with van der Waals surface area (Å²) in [5.41, 5.74) is 0.556. The molecular weight excluding hydrogens is 286 g/mol. The Labute approximate surface area is 128 Å². The van der Waals surface area contributed by atoms with E-state index >= 15 is 0 Å². The van der Waals surface area contributed by atoms with Crippen molar-refractivity contribution in [3.05, 3.63) is 47.9 Å². The molecule has 0 bridgehead atoms. The number of hydrogen-bond acceptors (Lipinski definition) is 5. The Hall–Kier alpha value is -2.47. The Balaban J connectivity index is 1.35. The fourth-order valence-corrected chi connectivity index (χ4v) is 2.08. The molecule has 1 aromatic carbocycles. The van der Waals surface area contributed by atoms with E-state index in [9.17, 15) is 4.79 Å². The van der Waals surface area contributed by atoms with Crippen LogP contribution in [0.4, 0.5) is 0 Å². The first kappa shape index (κ1) is 14.5. The first-order chi connectivity index (χ1) is 10.8. The summed E-state index contributed by atoms with van der Waals surface area (Å²) < 4.78 is 21.1. The molecule has 6 heteroatoms. The molecule has 0 spiro atoms. The molecule has 22 heavy (non-hydrogen) atoms. The lowest BCUT2D eigenvalue weighted by Crippen LogP contribution is -2.25. The average Bonchev–Trinajstić information content (AvgIpc) is 3.20. The van der Waals surface area contributed by atoms with Crippen molar-refractivity contribution in [2.45, 2.75) is 13.0 Å². The summed E-state index contributed by atoms with van der Waals surface area (Å²) in [4.78, 5) is 12.0. The maximum absolute atomic E-state index is 12.0. The highest BCUT2D eigenvalue weighted by Crippen LogP contribution is 2.32. The van der Waals surface area contributed by atoms with Crippen molar-refractivity contribution in [2.75, 3.05) is 19.9 Å². The molecule has 6 nitrogen and oxygen atoms in total. The predicted molar refractivity (Wildman–Crippen MR) is 77.9 cm³/mol. The van der Waals surface area contributed by atoms with Gasteiger partial charge in [0, 0.05) is 18.7 Å². The zero-order valence-electron chi connectivity index (χ0n) is 12.0. The quantitative estimate of drug-likeness (QED) is 0.795. The van der Waals surface area contributed by atoms with E-state index in [4.69, 9.17) is 18.6 Å². The number of amides is 1. The topological polar surface area (TPSA) is 69.9 Å². The standard InChI is InChI=1S/C16H17NO5/c18-16(12-4-5-14-15(9-12)22-11-21-14)17-6-2-7-19-10-13-3-1-8-20-13/h1,3-5,8-9H,2,6-7,10-11H2,(H,17,18). The van der Waals surface area contributed by atoms with Crippen molar-refractivity contribution < 1.29 is 23.4 Å². The summed E-state index contributed by atoms with van der Waals surface area (Å²) in [7, 11) is 0. The van der Waals surface area contributed by atoms with Gasteiger partial charge in [-0.3, -0.25) is 4.79 Å². The largest absolute Gasteiger partial charge is 0.467 e. The maximum Gasteiger partial charge on any atom is 0.251 e. The first-order valence-electron chi connectivity index (χ1n) is 7.11. The van der Waals surface area contributed by atoms with E-state index in [2.05, 4.69) is 5.32 Å². The summed E-state index contributed by atoms with van der Waals surface area (Å²) >= 11 is 0. The van der Waals surface area contributed by atoms with Crippen LogP contribution in [0, 0.1) is 0 Å². The van der Waals surface area contributed by atoms with Gasteiger partial charge in [0.05, 0.1) is 6.26 Å². The third-order valence-corrected chi connectivity index (χ3v) is 3.21. The minimum atomic E-state index is -0.135. The Morgan fingerprint density at radius 1 is 1.23 bits per heavy atom. The van der Waals surface area contributed by atoms with Gasteiger partial charge in [0.1, 0.15) is 12.4 Å². The summed E-state index contributed by atoms with van der Waals surface area (Å²) in [6.45, 7) is 1.75. The number of carbonyl (C=O) groups excluding carboxylic acids is 1. The lowest BCUT2D eigenvalue weighted by atomic mass is 10.2. The number of benzene rings is 1. The molecule has 0 atom stereocenters. The molecule has 0 aliphatic carbocycles. The monoisotopic (exact) mass is 303 g/mol. The Kier molecular flexibility index (Phi) is 4.60. The van der Waals surface area contributed by atoms with E-state index < -0.39 is 0 Å². The van der Waals surface area contributed by atoms with Crippen LogP contribution in [0.15, 0.2) is 41.0 Å². The maximum atomic E-state index is 12.0. The molecule has 0 radical (unpaired) electrons. The van der Waals surface area contributed by atoms with Gasteiger partial charge in [-0.1, -0.05) is 0 Å². The van der Waals surface area contributed by atoms with Crippen LogP contribution < -0.4 is 14.8 Å². The van der Waals surface area contributed by atoms with E-state index in [0.29, 0.717) is 36.8 Å². The van der Waals surface area contributed by atoms with Crippen molar-refractivity contribution in [1.29, 1.82) is 0 Å². The third-order valence-electron chi connectivity index (χ3n) is 3.21. The lowest BCUT2D eigenvalue weighted by molar-refractivity contribution is 0.0916. The highest BCUT2D eigenvalue weighted by molar-refractivity contribution is 5.94. The molecule has 1 N–H and O–H groups in total. The van der Waals surface area contributed by atoms with Crippen LogP contribution in [0.3, 0.4) is 0 Å². The van der Waals surface area contributed by atoms with Gasteiger partial charge in [0.25, 0.3) is 5.91 Å². The molecule has 1 aliphatic rings. The molecule has 0 fully saturated rings. The number of nitrogens with one attached hydrogen (secondary N) is 1. The fourth-order valence-electron chi connectivity index (χ4n) is 2.08. The van der Waals surface area contributed by atoms with Gasteiger partial charge >= 0.3 is 0 Å². The third kappa shape index (κ3) is 3.59. The summed E-state index contributed by atoms with van der Waals surface area (Å²) in [5.74, 6) is 1.94. The number of hydrogen-bond donors (Lipinski definition) is 1. The highest BCUT2D eigenvalue weighted by atomic mass is 16.7. The second kappa shape index (κ2) is 7.00. The number of fused-ring (bicyclic) bond motifs is 1. The molecule has 2 heterocycles. The molecule has 0 saturated heterocycles. The Bertz CT molecular complexity index is 623. The van der Waals surface area contributed by atoms with Crippen molar-refractivity contribution in [1.82, 2.24) is 5.32 Å². The number of ether oxygens (including phenoxy) is 3. The number of furan rings is 1. The van der Waals surface area contributed by atoms with Crippen molar-refractivity contribution in [3.8, 4) is 11.5 Å². The SMILES string of the molecule is O=C(NCCCOCc1ccco1)c1ccc2c(c1)OCO2. The van der Waals surface area contributed by atoms with Crippen LogP contribution >= 0.6 is 0 Å². The van der Waals surface area contributed by atoms with Gasteiger partial charge in [-0.05, 0) is 36.8 Å². The Morgan fingerprint density at radius 3 is 3.00 bits per heavy atom. The Morgan fingerprint density at radius 2 is 2.14 bits per heavy atom. The molecule has 1 aliphatic heterocycles. The van der Waals surface area contributed by atoms with E-state index in [0.717, 1.165) is 12.2 Å². The summed E-state index contributed by atoms with van der Waals surface area (Å²) in [6, 6.07) is 8.83. The molecule has 2 aromatic rings. The van der Waals surface area contributed by atoms with Crippen LogP contribution in [0.25, 0.3) is 0 Å². The van der Waals surface area contributed by atoms with Gasteiger partial charge < -0.3 is 23.9 Å². The van der Waals surface area contributed by atoms with Crippen LogP contribution in [-0.2, 0) is 11.3 Å². The van der Waals surface area contributed by atoms with Gasteiger partial charge in [0.2, 0.25) is 6.79 Å². The average molecular weight is 303 g/mol. The lowest BCUT2D eigenvalue weighted by Gasteiger charge is -2.06. The number of rotatable bonds is 7. The molecule has 116 valence electrons. The van der Waals surface area contributed by atoms with Gasteiger partial charge in [-0.25, -0.2) is 0 Å². The fraction of sp³-hybridized carbons (Fsp3) is 0.312. The second-order valence-corrected chi connectivity index (χ2v) is 4.81. The van der Waals surface area contributed by atoms with Crippen molar-refractivity contribution in [3.63, 3.8) is 0 Å². The van der Waals surface area contributed by atoms with Gasteiger partial charge in [0.15, 0.2) is 11.5 Å². The normalized spacial score (nSPS) is 12.4. The molecule has 0 unspecified atom stereocenters. The van der Waals surface area contributed by atoms with E-state index in [1.54, 1.807) is 24.5 Å². The van der Waals surface area contributed by atoms with Crippen molar-refractivity contribution in [2.24, 2.45) is 0 Å². The van der Waals surface area contributed by atoms with E-state index in [1.165, 1.54) is 0 Å². The van der Waals surface area contributed by atoms with Gasteiger partial charge in [-0.2, -0.15) is 0 Å². The zero-order valence-corrected chi connectivity index (χ0v) is 12.0. The minimum Gasteiger partial charge on any atom is -0.467 e. The highest BCUT2D eigenvalue weighted by Gasteiger charge is 2.15. The molecule has 0 saturated carbocycles. The van der Waals surface area contributed by atoms with Crippen LogP contribution in [0.5, 0.6) is 11.5 Å².